The third kappa shape index (κ3) is 4.69. The number of benzene rings is 1. The molecule has 1 heterocycles. The summed E-state index contributed by atoms with van der Waals surface area (Å²) in [5, 5.41) is 0. The van der Waals surface area contributed by atoms with Crippen molar-refractivity contribution in [2.45, 2.75) is 32.4 Å². The standard InChI is InChI=1S/C17H24N2O4/c1-12-6-7-14(17(18)21)9-19(12)16(20)11-23-10-13-4-3-5-15(8-13)22-2/h3-5,8,12,14H,6-7,9-11H2,1-2H3,(H2,18,21). The molecule has 1 aromatic rings. The molecular formula is C17H24N2O4. The highest BCUT2D eigenvalue weighted by atomic mass is 16.5. The second kappa shape index (κ2) is 7.97. The number of hydrogen-bond acceptors (Lipinski definition) is 4. The molecule has 1 aliphatic heterocycles. The number of rotatable bonds is 6. The van der Waals surface area contributed by atoms with Crippen LogP contribution >= 0.6 is 0 Å². The van der Waals surface area contributed by atoms with Gasteiger partial charge in [0.1, 0.15) is 12.4 Å². The zero-order chi connectivity index (χ0) is 16.8. The third-order valence-electron chi connectivity index (χ3n) is 4.23. The lowest BCUT2D eigenvalue weighted by Gasteiger charge is -2.36. The van der Waals surface area contributed by atoms with Crippen molar-refractivity contribution in [3.63, 3.8) is 0 Å². The third-order valence-corrected chi connectivity index (χ3v) is 4.23. The number of piperidine rings is 1. The Kier molecular flexibility index (Phi) is 5.98. The summed E-state index contributed by atoms with van der Waals surface area (Å²) in [5.74, 6) is 0.0539. The van der Waals surface area contributed by atoms with Crippen LogP contribution in [-0.4, -0.2) is 43.0 Å². The minimum atomic E-state index is -0.341. The maximum Gasteiger partial charge on any atom is 0.248 e. The molecule has 23 heavy (non-hydrogen) atoms. The average Bonchev–Trinajstić information content (AvgIpc) is 2.55. The predicted molar refractivity (Wildman–Crippen MR) is 85.7 cm³/mol. The van der Waals surface area contributed by atoms with E-state index in [0.717, 1.165) is 24.2 Å². The molecule has 2 amide bonds. The summed E-state index contributed by atoms with van der Waals surface area (Å²) in [6.45, 7) is 2.70. The summed E-state index contributed by atoms with van der Waals surface area (Å²) < 4.78 is 10.7. The molecule has 6 heteroatoms. The fraction of sp³-hybridized carbons (Fsp3) is 0.529. The number of nitrogens with two attached hydrogens (primary N) is 1. The highest BCUT2D eigenvalue weighted by Gasteiger charge is 2.31. The molecule has 0 bridgehead atoms. The number of methoxy groups -OCH3 is 1. The Balaban J connectivity index is 1.84. The van der Waals surface area contributed by atoms with Gasteiger partial charge in [-0.05, 0) is 37.5 Å². The molecule has 0 radical (unpaired) electrons. The maximum atomic E-state index is 12.3. The molecule has 2 unspecified atom stereocenters. The van der Waals surface area contributed by atoms with E-state index in [1.807, 2.05) is 31.2 Å². The van der Waals surface area contributed by atoms with Crippen LogP contribution in [0.25, 0.3) is 0 Å². The summed E-state index contributed by atoms with van der Waals surface area (Å²) in [4.78, 5) is 25.3. The largest absolute Gasteiger partial charge is 0.497 e. The Bertz CT molecular complexity index is 561. The van der Waals surface area contributed by atoms with Crippen LogP contribution in [-0.2, 0) is 20.9 Å². The molecule has 0 aromatic heterocycles. The highest BCUT2D eigenvalue weighted by molar-refractivity contribution is 5.81. The minimum Gasteiger partial charge on any atom is -0.497 e. The van der Waals surface area contributed by atoms with Crippen LogP contribution in [0, 0.1) is 5.92 Å². The smallest absolute Gasteiger partial charge is 0.248 e. The van der Waals surface area contributed by atoms with Crippen molar-refractivity contribution in [1.29, 1.82) is 0 Å². The molecule has 1 aromatic carbocycles. The Morgan fingerprint density at radius 1 is 1.35 bits per heavy atom. The summed E-state index contributed by atoms with van der Waals surface area (Å²) in [5.41, 5.74) is 6.30. The van der Waals surface area contributed by atoms with E-state index >= 15 is 0 Å². The molecule has 1 aliphatic rings. The van der Waals surface area contributed by atoms with E-state index in [9.17, 15) is 9.59 Å². The number of hydrogen-bond donors (Lipinski definition) is 1. The van der Waals surface area contributed by atoms with Gasteiger partial charge in [-0.2, -0.15) is 0 Å². The minimum absolute atomic E-state index is 0.00691. The molecule has 1 fully saturated rings. The fourth-order valence-electron chi connectivity index (χ4n) is 2.79. The molecule has 2 rings (SSSR count). The summed E-state index contributed by atoms with van der Waals surface area (Å²) >= 11 is 0. The van der Waals surface area contributed by atoms with Gasteiger partial charge in [-0.3, -0.25) is 9.59 Å². The van der Waals surface area contributed by atoms with Gasteiger partial charge in [-0.1, -0.05) is 12.1 Å². The van der Waals surface area contributed by atoms with E-state index in [1.54, 1.807) is 12.0 Å². The number of primary amides is 1. The maximum absolute atomic E-state index is 12.3. The van der Waals surface area contributed by atoms with Crippen LogP contribution in [0.3, 0.4) is 0 Å². The van der Waals surface area contributed by atoms with E-state index in [4.69, 9.17) is 15.2 Å². The molecular weight excluding hydrogens is 296 g/mol. The van der Waals surface area contributed by atoms with Gasteiger partial charge in [0.2, 0.25) is 11.8 Å². The fourth-order valence-corrected chi connectivity index (χ4v) is 2.79. The predicted octanol–water partition coefficient (Wildman–Crippen LogP) is 1.32. The molecule has 0 aliphatic carbocycles. The summed E-state index contributed by atoms with van der Waals surface area (Å²) in [6.07, 6.45) is 1.53. The van der Waals surface area contributed by atoms with Gasteiger partial charge < -0.3 is 20.1 Å². The average molecular weight is 320 g/mol. The normalized spacial score (nSPS) is 21.0. The van der Waals surface area contributed by atoms with Crippen molar-refractivity contribution in [3.05, 3.63) is 29.8 Å². The first-order valence-electron chi connectivity index (χ1n) is 7.80. The Hall–Kier alpha value is -2.08. The van der Waals surface area contributed by atoms with E-state index in [2.05, 4.69) is 0 Å². The first-order valence-corrected chi connectivity index (χ1v) is 7.80. The Labute approximate surface area is 136 Å². The topological polar surface area (TPSA) is 81.9 Å². The Morgan fingerprint density at radius 3 is 2.83 bits per heavy atom. The number of amides is 2. The van der Waals surface area contributed by atoms with Crippen molar-refractivity contribution in [2.75, 3.05) is 20.3 Å². The van der Waals surface area contributed by atoms with Crippen LogP contribution < -0.4 is 10.5 Å². The van der Waals surface area contributed by atoms with Crippen molar-refractivity contribution < 1.29 is 19.1 Å². The number of likely N-dealkylation sites (tertiary alicyclic amines) is 1. The van der Waals surface area contributed by atoms with Crippen LogP contribution in [0.1, 0.15) is 25.3 Å². The monoisotopic (exact) mass is 320 g/mol. The van der Waals surface area contributed by atoms with Gasteiger partial charge in [0, 0.05) is 12.6 Å². The van der Waals surface area contributed by atoms with Crippen molar-refractivity contribution in [1.82, 2.24) is 4.90 Å². The number of carbonyl (C=O) groups excluding carboxylic acids is 2. The number of nitrogens with zero attached hydrogens (tertiary/aromatic N) is 1. The molecule has 0 saturated carbocycles. The molecule has 1 saturated heterocycles. The molecule has 126 valence electrons. The van der Waals surface area contributed by atoms with Gasteiger partial charge in [0.15, 0.2) is 0 Å². The first kappa shape index (κ1) is 17.3. The van der Waals surface area contributed by atoms with E-state index in [0.29, 0.717) is 13.2 Å². The lowest BCUT2D eigenvalue weighted by molar-refractivity contribution is -0.142. The van der Waals surface area contributed by atoms with Gasteiger partial charge >= 0.3 is 0 Å². The van der Waals surface area contributed by atoms with E-state index < -0.39 is 0 Å². The van der Waals surface area contributed by atoms with Crippen molar-refractivity contribution in [3.8, 4) is 5.75 Å². The summed E-state index contributed by atoms with van der Waals surface area (Å²) in [7, 11) is 1.61. The van der Waals surface area contributed by atoms with Gasteiger partial charge in [-0.25, -0.2) is 0 Å². The van der Waals surface area contributed by atoms with Crippen molar-refractivity contribution >= 4 is 11.8 Å². The highest BCUT2D eigenvalue weighted by Crippen LogP contribution is 2.22. The second-order valence-corrected chi connectivity index (χ2v) is 5.92. The zero-order valence-corrected chi connectivity index (χ0v) is 13.7. The molecule has 0 spiro atoms. The molecule has 2 atom stereocenters. The van der Waals surface area contributed by atoms with E-state index in [-0.39, 0.29) is 30.4 Å². The van der Waals surface area contributed by atoms with Gasteiger partial charge in [0.05, 0.1) is 19.6 Å². The number of carbonyl (C=O) groups is 2. The lowest BCUT2D eigenvalue weighted by atomic mass is 9.93. The van der Waals surface area contributed by atoms with Crippen LogP contribution in [0.15, 0.2) is 24.3 Å². The number of ether oxygens (including phenoxy) is 2. The van der Waals surface area contributed by atoms with Gasteiger partial charge in [-0.15, -0.1) is 0 Å². The molecule has 2 N–H and O–H groups in total. The van der Waals surface area contributed by atoms with E-state index in [1.165, 1.54) is 0 Å². The van der Waals surface area contributed by atoms with Crippen LogP contribution in [0.2, 0.25) is 0 Å². The van der Waals surface area contributed by atoms with Crippen LogP contribution in [0.5, 0.6) is 5.75 Å². The Morgan fingerprint density at radius 2 is 2.13 bits per heavy atom. The zero-order valence-electron chi connectivity index (χ0n) is 13.7. The second-order valence-electron chi connectivity index (χ2n) is 5.92. The first-order chi connectivity index (χ1) is 11.0. The van der Waals surface area contributed by atoms with Crippen LogP contribution in [0.4, 0.5) is 0 Å². The van der Waals surface area contributed by atoms with Gasteiger partial charge in [0.25, 0.3) is 0 Å². The van der Waals surface area contributed by atoms with Crippen molar-refractivity contribution in [2.24, 2.45) is 11.7 Å². The SMILES string of the molecule is COc1cccc(COCC(=O)N2CC(C(N)=O)CCC2C)c1. The quantitative estimate of drug-likeness (QED) is 0.857. The summed E-state index contributed by atoms with van der Waals surface area (Å²) in [6, 6.07) is 7.63. The molecule has 6 nitrogen and oxygen atoms in total. The lowest BCUT2D eigenvalue weighted by Crippen LogP contribution is -2.49.